The maximum absolute atomic E-state index is 12.1. The number of methoxy groups -OCH3 is 2. The number of rotatable bonds is 7. The molecule has 0 spiro atoms. The van der Waals surface area contributed by atoms with Gasteiger partial charge in [0.25, 0.3) is 5.91 Å². The Morgan fingerprint density at radius 3 is 2.54 bits per heavy atom. The van der Waals surface area contributed by atoms with Gasteiger partial charge in [-0.2, -0.15) is 4.98 Å². The summed E-state index contributed by atoms with van der Waals surface area (Å²) in [6.45, 7) is 0.770. The third-order valence-corrected chi connectivity index (χ3v) is 4.37. The zero-order valence-electron chi connectivity index (χ0n) is 15.5. The number of nitrogens with one attached hydrogen (secondary N) is 2. The molecule has 3 aromatic rings. The Labute approximate surface area is 167 Å². The molecule has 0 radical (unpaired) electrons. The minimum absolute atomic E-state index is 0.247. The molecule has 0 fully saturated rings. The third-order valence-electron chi connectivity index (χ3n) is 4.04. The second kappa shape index (κ2) is 8.62. The maximum atomic E-state index is 12.1. The molecular weight excluding hydrogens is 382 g/mol. The lowest BCUT2D eigenvalue weighted by molar-refractivity contribution is 0.0955. The van der Waals surface area contributed by atoms with E-state index in [2.05, 4.69) is 20.6 Å². The topological polar surface area (TPSA) is 111 Å². The molecule has 1 aromatic heterocycles. The summed E-state index contributed by atoms with van der Waals surface area (Å²) >= 11 is 6.02. The van der Waals surface area contributed by atoms with E-state index in [9.17, 15) is 4.79 Å². The zero-order valence-corrected chi connectivity index (χ0v) is 16.2. The predicted octanol–water partition coefficient (Wildman–Crippen LogP) is 2.72. The number of hydrogen-bond acceptors (Lipinski definition) is 7. The van der Waals surface area contributed by atoms with Gasteiger partial charge < -0.3 is 25.8 Å². The van der Waals surface area contributed by atoms with Crippen molar-refractivity contribution in [2.24, 2.45) is 0 Å². The van der Waals surface area contributed by atoms with Gasteiger partial charge in [0, 0.05) is 24.5 Å². The van der Waals surface area contributed by atoms with Crippen molar-refractivity contribution in [2.75, 3.05) is 38.4 Å². The molecule has 8 nitrogen and oxygen atoms in total. The number of nitrogens with two attached hydrogens (primary N) is 1. The standard InChI is InChI=1S/C19H20ClN5O3/c1-27-15-9-12-14(10-16(15)28-2)24-19(25-17(12)21)23-8-7-22-18(26)11-5-3-4-6-13(11)20/h3-6,9-10H,7-8H2,1-2H3,(H,22,26)(H3,21,23,24,25). The van der Waals surface area contributed by atoms with Crippen LogP contribution in [0.2, 0.25) is 5.02 Å². The predicted molar refractivity (Wildman–Crippen MR) is 109 cm³/mol. The van der Waals surface area contributed by atoms with Crippen LogP contribution in [0.5, 0.6) is 11.5 Å². The zero-order chi connectivity index (χ0) is 20.1. The number of amides is 1. The summed E-state index contributed by atoms with van der Waals surface area (Å²) in [6.07, 6.45) is 0. The number of hydrogen-bond donors (Lipinski definition) is 3. The SMILES string of the molecule is COc1cc2nc(NCCNC(=O)c3ccccc3Cl)nc(N)c2cc1OC. The molecule has 1 heterocycles. The molecule has 0 aliphatic carbocycles. The van der Waals surface area contributed by atoms with Gasteiger partial charge in [-0.25, -0.2) is 4.98 Å². The second-order valence-electron chi connectivity index (χ2n) is 5.82. The molecule has 0 bridgehead atoms. The number of benzene rings is 2. The van der Waals surface area contributed by atoms with E-state index in [1.165, 1.54) is 0 Å². The van der Waals surface area contributed by atoms with Gasteiger partial charge in [-0.1, -0.05) is 23.7 Å². The van der Waals surface area contributed by atoms with Crippen LogP contribution in [0.3, 0.4) is 0 Å². The fourth-order valence-corrected chi connectivity index (χ4v) is 2.87. The lowest BCUT2D eigenvalue weighted by Crippen LogP contribution is -2.29. The maximum Gasteiger partial charge on any atom is 0.252 e. The normalized spacial score (nSPS) is 10.5. The number of fused-ring (bicyclic) bond motifs is 1. The van der Waals surface area contributed by atoms with Gasteiger partial charge >= 0.3 is 0 Å². The van der Waals surface area contributed by atoms with Gasteiger partial charge in [0.15, 0.2) is 11.5 Å². The number of nitrogen functional groups attached to an aromatic ring is 1. The van der Waals surface area contributed by atoms with Crippen molar-refractivity contribution in [2.45, 2.75) is 0 Å². The Morgan fingerprint density at radius 2 is 1.82 bits per heavy atom. The molecule has 3 rings (SSSR count). The summed E-state index contributed by atoms with van der Waals surface area (Å²) in [6, 6.07) is 10.3. The molecule has 28 heavy (non-hydrogen) atoms. The first-order valence-corrected chi connectivity index (χ1v) is 8.87. The highest BCUT2D eigenvalue weighted by atomic mass is 35.5. The van der Waals surface area contributed by atoms with Crippen LogP contribution in [0.1, 0.15) is 10.4 Å². The van der Waals surface area contributed by atoms with Crippen molar-refractivity contribution in [1.82, 2.24) is 15.3 Å². The highest BCUT2D eigenvalue weighted by molar-refractivity contribution is 6.33. The van der Waals surface area contributed by atoms with Gasteiger partial charge in [0.05, 0.1) is 30.3 Å². The fourth-order valence-electron chi connectivity index (χ4n) is 2.65. The summed E-state index contributed by atoms with van der Waals surface area (Å²) in [5.74, 6) is 1.51. The molecular formula is C19H20ClN5O3. The van der Waals surface area contributed by atoms with Crippen LogP contribution in [-0.2, 0) is 0 Å². The molecule has 1 amide bonds. The summed E-state index contributed by atoms with van der Waals surface area (Å²) in [5.41, 5.74) is 7.09. The fraction of sp³-hybridized carbons (Fsp3) is 0.211. The number of aromatic nitrogens is 2. The summed E-state index contributed by atoms with van der Waals surface area (Å²) < 4.78 is 10.6. The van der Waals surface area contributed by atoms with Crippen molar-refractivity contribution in [3.63, 3.8) is 0 Å². The van der Waals surface area contributed by atoms with Crippen LogP contribution in [0, 0.1) is 0 Å². The second-order valence-corrected chi connectivity index (χ2v) is 6.23. The van der Waals surface area contributed by atoms with E-state index in [1.54, 1.807) is 50.6 Å². The van der Waals surface area contributed by atoms with Gasteiger partial charge in [0.2, 0.25) is 5.95 Å². The molecule has 0 saturated heterocycles. The highest BCUT2D eigenvalue weighted by Crippen LogP contribution is 2.33. The molecule has 2 aromatic carbocycles. The van der Waals surface area contributed by atoms with E-state index >= 15 is 0 Å². The Hall–Kier alpha value is -3.26. The number of halogens is 1. The van der Waals surface area contributed by atoms with Crippen molar-refractivity contribution in [3.05, 3.63) is 47.0 Å². The van der Waals surface area contributed by atoms with Crippen LogP contribution >= 0.6 is 11.6 Å². The van der Waals surface area contributed by atoms with E-state index in [0.717, 1.165) is 0 Å². The summed E-state index contributed by atoms with van der Waals surface area (Å²) in [4.78, 5) is 20.8. The first kappa shape index (κ1) is 19.5. The average molecular weight is 402 g/mol. The lowest BCUT2D eigenvalue weighted by Gasteiger charge is -2.12. The van der Waals surface area contributed by atoms with Crippen molar-refractivity contribution < 1.29 is 14.3 Å². The molecule has 0 unspecified atom stereocenters. The number of anilines is 2. The van der Waals surface area contributed by atoms with Crippen molar-refractivity contribution in [3.8, 4) is 11.5 Å². The number of nitrogens with zero attached hydrogens (tertiary/aromatic N) is 2. The van der Waals surface area contributed by atoms with Crippen molar-refractivity contribution >= 4 is 40.2 Å². The van der Waals surface area contributed by atoms with E-state index in [4.69, 9.17) is 26.8 Å². The van der Waals surface area contributed by atoms with E-state index in [-0.39, 0.29) is 5.91 Å². The van der Waals surface area contributed by atoms with Crippen LogP contribution in [0.4, 0.5) is 11.8 Å². The Morgan fingerprint density at radius 1 is 1.11 bits per heavy atom. The number of carbonyl (C=O) groups is 1. The molecule has 0 atom stereocenters. The molecule has 0 aliphatic rings. The van der Waals surface area contributed by atoms with E-state index in [1.807, 2.05) is 0 Å². The largest absolute Gasteiger partial charge is 0.493 e. The van der Waals surface area contributed by atoms with Crippen LogP contribution in [0.15, 0.2) is 36.4 Å². The van der Waals surface area contributed by atoms with Crippen molar-refractivity contribution in [1.29, 1.82) is 0 Å². The minimum Gasteiger partial charge on any atom is -0.493 e. The molecule has 0 aliphatic heterocycles. The van der Waals surface area contributed by atoms with E-state index < -0.39 is 0 Å². The summed E-state index contributed by atoms with van der Waals surface area (Å²) in [5, 5.41) is 6.90. The quantitative estimate of drug-likeness (QED) is 0.522. The monoisotopic (exact) mass is 401 g/mol. The van der Waals surface area contributed by atoms with Gasteiger partial charge in [-0.15, -0.1) is 0 Å². The first-order valence-electron chi connectivity index (χ1n) is 8.49. The summed E-state index contributed by atoms with van der Waals surface area (Å²) in [7, 11) is 3.10. The average Bonchev–Trinajstić information content (AvgIpc) is 2.70. The lowest BCUT2D eigenvalue weighted by atomic mass is 10.2. The number of carbonyl (C=O) groups excluding carboxylic acids is 1. The first-order chi connectivity index (χ1) is 13.5. The highest BCUT2D eigenvalue weighted by Gasteiger charge is 2.12. The third kappa shape index (κ3) is 4.17. The van der Waals surface area contributed by atoms with Crippen LogP contribution < -0.4 is 25.8 Å². The Balaban J connectivity index is 1.66. The van der Waals surface area contributed by atoms with Gasteiger partial charge in [-0.05, 0) is 18.2 Å². The van der Waals surface area contributed by atoms with Gasteiger partial charge in [0.1, 0.15) is 5.82 Å². The van der Waals surface area contributed by atoms with Crippen LogP contribution in [0.25, 0.3) is 10.9 Å². The molecule has 4 N–H and O–H groups in total. The molecule has 146 valence electrons. The molecule has 9 heteroatoms. The Kier molecular flexibility index (Phi) is 6.00. The van der Waals surface area contributed by atoms with Gasteiger partial charge in [-0.3, -0.25) is 4.79 Å². The van der Waals surface area contributed by atoms with E-state index in [0.29, 0.717) is 57.8 Å². The van der Waals surface area contributed by atoms with Crippen LogP contribution in [-0.4, -0.2) is 43.2 Å². The number of ether oxygens (including phenoxy) is 2. The molecule has 0 saturated carbocycles. The minimum atomic E-state index is -0.247. The smallest absolute Gasteiger partial charge is 0.252 e. The Bertz CT molecular complexity index is 1010.